The lowest BCUT2D eigenvalue weighted by atomic mass is 9.99. The van der Waals surface area contributed by atoms with Crippen molar-refractivity contribution in [3.05, 3.63) is 53.9 Å². The van der Waals surface area contributed by atoms with Gasteiger partial charge in [0.05, 0.1) is 5.56 Å². The lowest BCUT2D eigenvalue weighted by molar-refractivity contribution is -0.120. The maximum atomic E-state index is 12.9. The summed E-state index contributed by atoms with van der Waals surface area (Å²) in [5, 5.41) is 3.00. The van der Waals surface area contributed by atoms with Crippen LogP contribution in [0.5, 0.6) is 0 Å². The summed E-state index contributed by atoms with van der Waals surface area (Å²) in [5.41, 5.74) is 3.33. The number of carbonyl (C=O) groups excluding carboxylic acids is 2. The molecule has 0 atom stereocenters. The molecule has 0 radical (unpaired) electrons. The van der Waals surface area contributed by atoms with Gasteiger partial charge in [0.2, 0.25) is 5.91 Å². The van der Waals surface area contributed by atoms with Crippen LogP contribution in [0.1, 0.15) is 49.0 Å². The Morgan fingerprint density at radius 1 is 1.23 bits per heavy atom. The average molecular weight is 351 g/mol. The summed E-state index contributed by atoms with van der Waals surface area (Å²) in [5.74, 6) is -0.00225. The molecule has 5 nitrogen and oxygen atoms in total. The van der Waals surface area contributed by atoms with Gasteiger partial charge in [0.25, 0.3) is 5.91 Å². The monoisotopic (exact) mass is 351 g/mol. The van der Waals surface area contributed by atoms with E-state index in [-0.39, 0.29) is 17.7 Å². The molecular weight excluding hydrogens is 326 g/mol. The quantitative estimate of drug-likeness (QED) is 0.884. The summed E-state index contributed by atoms with van der Waals surface area (Å²) in [6.07, 6.45) is 6.75. The molecule has 26 heavy (non-hydrogen) atoms. The number of aromatic nitrogens is 1. The van der Waals surface area contributed by atoms with Crippen LogP contribution >= 0.6 is 0 Å². The lowest BCUT2D eigenvalue weighted by Crippen LogP contribution is -2.35. The molecule has 2 heterocycles. The van der Waals surface area contributed by atoms with Gasteiger partial charge >= 0.3 is 0 Å². The van der Waals surface area contributed by atoms with Crippen LogP contribution < -0.4 is 10.2 Å². The van der Waals surface area contributed by atoms with Crippen molar-refractivity contribution in [1.82, 2.24) is 4.98 Å². The Morgan fingerprint density at radius 3 is 2.73 bits per heavy atom. The number of benzene rings is 1. The van der Waals surface area contributed by atoms with Crippen LogP contribution in [-0.4, -0.2) is 23.3 Å². The topological polar surface area (TPSA) is 62.3 Å². The molecule has 1 aromatic carbocycles. The Morgan fingerprint density at radius 2 is 2.04 bits per heavy atom. The normalized spacial score (nSPS) is 13.4. The highest BCUT2D eigenvalue weighted by molar-refractivity contribution is 6.07. The summed E-state index contributed by atoms with van der Waals surface area (Å²) in [6, 6.07) is 9.41. The number of pyridine rings is 1. The number of nitrogens with zero attached hydrogens (tertiary/aromatic N) is 2. The smallest absolute Gasteiger partial charge is 0.259 e. The second-order valence-electron chi connectivity index (χ2n) is 6.65. The van der Waals surface area contributed by atoms with Crippen LogP contribution in [0.15, 0.2) is 42.7 Å². The third-order valence-corrected chi connectivity index (χ3v) is 4.98. The van der Waals surface area contributed by atoms with Gasteiger partial charge in [-0.3, -0.25) is 14.6 Å². The molecule has 5 heteroatoms. The van der Waals surface area contributed by atoms with Crippen LogP contribution in [0.2, 0.25) is 0 Å². The van der Waals surface area contributed by atoms with E-state index in [9.17, 15) is 9.59 Å². The lowest BCUT2D eigenvalue weighted by Gasteiger charge is -2.30. The van der Waals surface area contributed by atoms with Crippen molar-refractivity contribution in [1.29, 1.82) is 0 Å². The van der Waals surface area contributed by atoms with Crippen molar-refractivity contribution in [2.45, 2.75) is 39.5 Å². The molecule has 136 valence electrons. The predicted octanol–water partition coefficient (Wildman–Crippen LogP) is 4.05. The highest BCUT2D eigenvalue weighted by Gasteiger charge is 2.24. The number of nitrogens with one attached hydrogen (secondary N) is 1. The summed E-state index contributed by atoms with van der Waals surface area (Å²) in [4.78, 5) is 31.1. The zero-order valence-corrected chi connectivity index (χ0v) is 15.4. The van der Waals surface area contributed by atoms with E-state index in [1.54, 1.807) is 29.4 Å². The molecule has 0 spiro atoms. The number of hydrogen-bond acceptors (Lipinski definition) is 3. The minimum absolute atomic E-state index is 0.0131. The number of rotatable bonds is 5. The fourth-order valence-corrected chi connectivity index (χ4v) is 3.41. The Bertz CT molecular complexity index is 785. The first kappa shape index (κ1) is 18.1. The molecule has 0 fully saturated rings. The molecule has 0 bridgehead atoms. The van der Waals surface area contributed by atoms with Gasteiger partial charge in [-0.2, -0.15) is 0 Å². The van der Waals surface area contributed by atoms with Gasteiger partial charge in [0.1, 0.15) is 0 Å². The van der Waals surface area contributed by atoms with E-state index in [1.165, 1.54) is 0 Å². The van der Waals surface area contributed by atoms with Gasteiger partial charge in [-0.05, 0) is 55.5 Å². The van der Waals surface area contributed by atoms with Gasteiger partial charge in [-0.15, -0.1) is 0 Å². The molecule has 0 saturated carbocycles. The average Bonchev–Trinajstić information content (AvgIpc) is 2.68. The fourth-order valence-electron chi connectivity index (χ4n) is 3.41. The first-order chi connectivity index (χ1) is 12.6. The van der Waals surface area contributed by atoms with Crippen LogP contribution in [0.3, 0.4) is 0 Å². The predicted molar refractivity (Wildman–Crippen MR) is 103 cm³/mol. The van der Waals surface area contributed by atoms with Crippen molar-refractivity contribution in [3.63, 3.8) is 0 Å². The Kier molecular flexibility index (Phi) is 5.66. The second-order valence-corrected chi connectivity index (χ2v) is 6.65. The van der Waals surface area contributed by atoms with Gasteiger partial charge in [0, 0.05) is 36.2 Å². The first-order valence-corrected chi connectivity index (χ1v) is 9.29. The highest BCUT2D eigenvalue weighted by Crippen LogP contribution is 2.31. The second kappa shape index (κ2) is 8.13. The molecule has 1 N–H and O–H groups in total. The van der Waals surface area contributed by atoms with Crippen LogP contribution in [0, 0.1) is 5.92 Å². The molecule has 1 aliphatic heterocycles. The standard InChI is InChI=1S/C21H25N3O2/c1-3-15(4-2)20(25)23-18-10-9-16-8-6-12-24(19(16)13-18)21(26)17-7-5-11-22-14-17/h5,7,9-11,13-15H,3-4,6,8,12H2,1-2H3,(H,23,25). The molecule has 0 saturated heterocycles. The number of hydrogen-bond donors (Lipinski definition) is 1. The third kappa shape index (κ3) is 3.77. The number of anilines is 2. The fraction of sp³-hybridized carbons (Fsp3) is 0.381. The summed E-state index contributed by atoms with van der Waals surface area (Å²) in [6.45, 7) is 4.72. The number of fused-ring (bicyclic) bond motifs is 1. The van der Waals surface area contributed by atoms with E-state index in [0.717, 1.165) is 42.6 Å². The third-order valence-electron chi connectivity index (χ3n) is 4.98. The zero-order valence-electron chi connectivity index (χ0n) is 15.4. The number of amides is 2. The molecule has 3 rings (SSSR count). The first-order valence-electron chi connectivity index (χ1n) is 9.29. The van der Waals surface area contributed by atoms with Crippen LogP contribution in [-0.2, 0) is 11.2 Å². The van der Waals surface area contributed by atoms with Gasteiger partial charge < -0.3 is 10.2 Å². The summed E-state index contributed by atoms with van der Waals surface area (Å²) >= 11 is 0. The molecule has 2 amide bonds. The summed E-state index contributed by atoms with van der Waals surface area (Å²) < 4.78 is 0. The zero-order chi connectivity index (χ0) is 18.5. The van der Waals surface area contributed by atoms with Crippen LogP contribution in [0.4, 0.5) is 11.4 Å². The summed E-state index contributed by atoms with van der Waals surface area (Å²) in [7, 11) is 0. The molecule has 1 aromatic heterocycles. The highest BCUT2D eigenvalue weighted by atomic mass is 16.2. The van der Waals surface area contributed by atoms with E-state index in [1.807, 2.05) is 32.0 Å². The van der Waals surface area contributed by atoms with Crippen molar-refractivity contribution < 1.29 is 9.59 Å². The molecule has 1 aliphatic rings. The van der Waals surface area contributed by atoms with Crippen molar-refractivity contribution in [2.24, 2.45) is 5.92 Å². The Balaban J connectivity index is 1.86. The molecule has 0 aliphatic carbocycles. The largest absolute Gasteiger partial charge is 0.326 e. The minimum Gasteiger partial charge on any atom is -0.326 e. The van der Waals surface area contributed by atoms with E-state index in [4.69, 9.17) is 0 Å². The molecule has 2 aromatic rings. The van der Waals surface area contributed by atoms with Crippen LogP contribution in [0.25, 0.3) is 0 Å². The molecular formula is C21H25N3O2. The van der Waals surface area contributed by atoms with E-state index in [0.29, 0.717) is 12.1 Å². The van der Waals surface area contributed by atoms with E-state index >= 15 is 0 Å². The van der Waals surface area contributed by atoms with E-state index < -0.39 is 0 Å². The van der Waals surface area contributed by atoms with Gasteiger partial charge in [0.15, 0.2) is 0 Å². The number of aryl methyl sites for hydroxylation is 1. The number of carbonyl (C=O) groups is 2. The van der Waals surface area contributed by atoms with Crippen molar-refractivity contribution in [3.8, 4) is 0 Å². The van der Waals surface area contributed by atoms with Gasteiger partial charge in [-0.1, -0.05) is 19.9 Å². The SMILES string of the molecule is CCC(CC)C(=O)Nc1ccc2c(c1)N(C(=O)c1cccnc1)CCC2. The van der Waals surface area contributed by atoms with E-state index in [2.05, 4.69) is 10.3 Å². The maximum Gasteiger partial charge on any atom is 0.259 e. The maximum absolute atomic E-state index is 12.9. The Hall–Kier alpha value is -2.69. The molecule has 0 unspecified atom stereocenters. The minimum atomic E-state index is -0.0532. The Labute approximate surface area is 154 Å². The van der Waals surface area contributed by atoms with Crippen molar-refractivity contribution in [2.75, 3.05) is 16.8 Å². The van der Waals surface area contributed by atoms with Gasteiger partial charge in [-0.25, -0.2) is 0 Å². The van der Waals surface area contributed by atoms with Crippen molar-refractivity contribution >= 4 is 23.2 Å².